The van der Waals surface area contributed by atoms with E-state index in [0.29, 0.717) is 18.5 Å². The van der Waals surface area contributed by atoms with Crippen LogP contribution in [0.4, 0.5) is 0 Å². The van der Waals surface area contributed by atoms with Gasteiger partial charge in [-0.1, -0.05) is 18.2 Å². The molecule has 0 bridgehead atoms. The fraction of sp³-hybridized carbons (Fsp3) is 0.250. The maximum absolute atomic E-state index is 12.2. The summed E-state index contributed by atoms with van der Waals surface area (Å²) in [6, 6.07) is 9.86. The first-order valence-corrected chi connectivity index (χ1v) is 8.47. The minimum atomic E-state index is -3.59. The lowest BCUT2D eigenvalue weighted by molar-refractivity contribution is 0.101. The van der Waals surface area contributed by atoms with Crippen molar-refractivity contribution in [3.05, 3.63) is 59.9 Å². The average Bonchev–Trinajstić information content (AvgIpc) is 2.53. The molecular formula is C16H18N2O3S. The molecule has 0 aliphatic heterocycles. The van der Waals surface area contributed by atoms with Gasteiger partial charge in [-0.3, -0.25) is 9.78 Å². The van der Waals surface area contributed by atoms with Crippen LogP contribution < -0.4 is 4.72 Å². The molecule has 0 amide bonds. The van der Waals surface area contributed by atoms with Crippen molar-refractivity contribution in [2.75, 3.05) is 6.54 Å². The Balaban J connectivity index is 1.94. The number of ketones is 1. The molecule has 2 aromatic rings. The predicted molar refractivity (Wildman–Crippen MR) is 84.2 cm³/mol. The summed E-state index contributed by atoms with van der Waals surface area (Å²) in [7, 11) is -3.59. The van der Waals surface area contributed by atoms with Crippen molar-refractivity contribution in [3.63, 3.8) is 0 Å². The van der Waals surface area contributed by atoms with E-state index in [0.717, 1.165) is 12.0 Å². The Morgan fingerprint density at radius 3 is 2.73 bits per heavy atom. The second kappa shape index (κ2) is 7.29. The minimum absolute atomic E-state index is 0.113. The van der Waals surface area contributed by atoms with Gasteiger partial charge in [-0.05, 0) is 43.5 Å². The minimum Gasteiger partial charge on any atom is -0.295 e. The molecule has 0 saturated carbocycles. The summed E-state index contributed by atoms with van der Waals surface area (Å²) in [5.41, 5.74) is 1.46. The highest BCUT2D eigenvalue weighted by Gasteiger charge is 2.14. The summed E-state index contributed by atoms with van der Waals surface area (Å²) in [5.74, 6) is -0.159. The smallest absolute Gasteiger partial charge is 0.240 e. The topological polar surface area (TPSA) is 76.1 Å². The number of nitrogens with zero attached hydrogens (tertiary/aromatic N) is 1. The summed E-state index contributed by atoms with van der Waals surface area (Å²) >= 11 is 0. The molecule has 6 heteroatoms. The van der Waals surface area contributed by atoms with E-state index < -0.39 is 10.0 Å². The van der Waals surface area contributed by atoms with E-state index in [1.807, 2.05) is 12.1 Å². The normalized spacial score (nSPS) is 11.3. The van der Waals surface area contributed by atoms with Gasteiger partial charge < -0.3 is 0 Å². The molecule has 0 aliphatic rings. The average molecular weight is 318 g/mol. The molecule has 1 aromatic heterocycles. The zero-order valence-electron chi connectivity index (χ0n) is 12.3. The summed E-state index contributed by atoms with van der Waals surface area (Å²) in [6.45, 7) is 1.74. The van der Waals surface area contributed by atoms with Gasteiger partial charge >= 0.3 is 0 Å². The molecule has 22 heavy (non-hydrogen) atoms. The lowest BCUT2D eigenvalue weighted by Crippen LogP contribution is -2.25. The number of aromatic nitrogens is 1. The number of carbonyl (C=O) groups excluding carboxylic acids is 1. The van der Waals surface area contributed by atoms with Crippen LogP contribution in [-0.2, 0) is 16.4 Å². The van der Waals surface area contributed by atoms with E-state index >= 15 is 0 Å². The van der Waals surface area contributed by atoms with Crippen molar-refractivity contribution in [3.8, 4) is 0 Å². The van der Waals surface area contributed by atoms with E-state index in [1.54, 1.807) is 24.5 Å². The monoisotopic (exact) mass is 318 g/mol. The van der Waals surface area contributed by atoms with Crippen LogP contribution in [0.2, 0.25) is 0 Å². The third kappa shape index (κ3) is 4.47. The molecule has 0 spiro atoms. The van der Waals surface area contributed by atoms with Crippen LogP contribution in [0.15, 0.2) is 53.7 Å². The molecule has 0 unspecified atom stereocenters. The zero-order valence-corrected chi connectivity index (χ0v) is 13.1. The fourth-order valence-corrected chi connectivity index (χ4v) is 3.13. The number of nitrogens with one attached hydrogen (secondary N) is 1. The van der Waals surface area contributed by atoms with Gasteiger partial charge in [0, 0.05) is 24.5 Å². The van der Waals surface area contributed by atoms with E-state index in [-0.39, 0.29) is 10.7 Å². The molecule has 1 N–H and O–H groups in total. The maximum Gasteiger partial charge on any atom is 0.240 e. The Labute approximate surface area is 130 Å². The van der Waals surface area contributed by atoms with Gasteiger partial charge in [-0.15, -0.1) is 0 Å². The van der Waals surface area contributed by atoms with Gasteiger partial charge in [0.05, 0.1) is 4.90 Å². The molecular weight excluding hydrogens is 300 g/mol. The van der Waals surface area contributed by atoms with Crippen LogP contribution in [0, 0.1) is 0 Å². The number of aryl methyl sites for hydroxylation is 1. The van der Waals surface area contributed by atoms with Gasteiger partial charge in [-0.2, -0.15) is 0 Å². The lowest BCUT2D eigenvalue weighted by atomic mass is 10.2. The number of benzene rings is 1. The van der Waals surface area contributed by atoms with Crippen LogP contribution in [-0.4, -0.2) is 25.7 Å². The number of Topliss-reactive ketones (excluding diaryl/α,β-unsaturated/α-hetero) is 1. The Kier molecular flexibility index (Phi) is 5.41. The number of hydrogen-bond acceptors (Lipinski definition) is 4. The molecule has 0 fully saturated rings. The van der Waals surface area contributed by atoms with Gasteiger partial charge in [-0.25, -0.2) is 13.1 Å². The highest BCUT2D eigenvalue weighted by Crippen LogP contribution is 2.12. The zero-order chi connectivity index (χ0) is 16.0. The Hall–Kier alpha value is -2.05. The standard InChI is InChI=1S/C16H18N2O3S/c1-13(19)15-7-2-8-16(11-15)22(20,21)18-10-4-6-14-5-3-9-17-12-14/h2-3,5,7-9,11-12,18H,4,6,10H2,1H3. The quantitative estimate of drug-likeness (QED) is 0.627. The lowest BCUT2D eigenvalue weighted by Gasteiger charge is -2.07. The van der Waals surface area contributed by atoms with E-state index in [1.165, 1.54) is 19.1 Å². The van der Waals surface area contributed by atoms with Gasteiger partial charge in [0.25, 0.3) is 0 Å². The highest BCUT2D eigenvalue weighted by atomic mass is 32.2. The fourth-order valence-electron chi connectivity index (χ4n) is 2.01. The second-order valence-corrected chi connectivity index (χ2v) is 6.71. The van der Waals surface area contributed by atoms with E-state index in [4.69, 9.17) is 0 Å². The summed E-state index contributed by atoms with van der Waals surface area (Å²) < 4.78 is 26.9. The molecule has 2 rings (SSSR count). The van der Waals surface area contributed by atoms with Crippen LogP contribution >= 0.6 is 0 Å². The number of sulfonamides is 1. The van der Waals surface area contributed by atoms with Crippen molar-refractivity contribution in [1.29, 1.82) is 0 Å². The first-order chi connectivity index (χ1) is 10.5. The molecule has 0 saturated heterocycles. The molecule has 5 nitrogen and oxygen atoms in total. The molecule has 0 radical (unpaired) electrons. The molecule has 1 heterocycles. The SMILES string of the molecule is CC(=O)c1cccc(S(=O)(=O)NCCCc2cccnc2)c1. The third-order valence-electron chi connectivity index (χ3n) is 3.21. The largest absolute Gasteiger partial charge is 0.295 e. The van der Waals surface area contributed by atoms with Gasteiger partial charge in [0.15, 0.2) is 5.78 Å². The Bertz CT molecular complexity index is 743. The summed E-state index contributed by atoms with van der Waals surface area (Å²) in [5, 5.41) is 0. The molecule has 116 valence electrons. The van der Waals surface area contributed by atoms with Crippen molar-refractivity contribution in [2.45, 2.75) is 24.7 Å². The maximum atomic E-state index is 12.2. The number of pyridine rings is 1. The van der Waals surface area contributed by atoms with E-state index in [9.17, 15) is 13.2 Å². The first-order valence-electron chi connectivity index (χ1n) is 6.98. The van der Waals surface area contributed by atoms with Crippen LogP contribution in [0.25, 0.3) is 0 Å². The van der Waals surface area contributed by atoms with Crippen molar-refractivity contribution in [1.82, 2.24) is 9.71 Å². The summed E-state index contributed by atoms with van der Waals surface area (Å²) in [4.78, 5) is 15.4. The molecule has 0 atom stereocenters. The summed E-state index contributed by atoms with van der Waals surface area (Å²) in [6.07, 6.45) is 4.90. The van der Waals surface area contributed by atoms with Crippen molar-refractivity contribution < 1.29 is 13.2 Å². The number of hydrogen-bond donors (Lipinski definition) is 1. The second-order valence-electron chi connectivity index (χ2n) is 4.95. The molecule has 0 aliphatic carbocycles. The Morgan fingerprint density at radius 2 is 2.05 bits per heavy atom. The van der Waals surface area contributed by atoms with Crippen LogP contribution in [0.5, 0.6) is 0 Å². The van der Waals surface area contributed by atoms with Crippen LogP contribution in [0.1, 0.15) is 29.3 Å². The van der Waals surface area contributed by atoms with Gasteiger partial charge in [0.2, 0.25) is 10.0 Å². The van der Waals surface area contributed by atoms with Gasteiger partial charge in [0.1, 0.15) is 0 Å². The van der Waals surface area contributed by atoms with Crippen molar-refractivity contribution >= 4 is 15.8 Å². The van der Waals surface area contributed by atoms with Crippen LogP contribution in [0.3, 0.4) is 0 Å². The number of rotatable bonds is 7. The third-order valence-corrected chi connectivity index (χ3v) is 4.67. The van der Waals surface area contributed by atoms with E-state index in [2.05, 4.69) is 9.71 Å². The van der Waals surface area contributed by atoms with Crippen molar-refractivity contribution in [2.24, 2.45) is 0 Å². The first kappa shape index (κ1) is 16.3. The number of carbonyl (C=O) groups is 1. The predicted octanol–water partition coefficient (Wildman–Crippen LogP) is 2.20. The highest BCUT2D eigenvalue weighted by molar-refractivity contribution is 7.89. The Morgan fingerprint density at radius 1 is 1.23 bits per heavy atom. The molecule has 1 aromatic carbocycles.